The van der Waals surface area contributed by atoms with E-state index in [1.165, 1.54) is 0 Å². The number of nitrogens with two attached hydrogens (primary N) is 1. The van der Waals surface area contributed by atoms with E-state index >= 15 is 0 Å². The minimum Gasteiger partial charge on any atom is -0.549 e. The molecule has 0 fully saturated rings. The van der Waals surface area contributed by atoms with E-state index in [1.807, 2.05) is 0 Å². The Bertz CT molecular complexity index is 51.0. The number of hydrogen-bond donors (Lipinski definition) is 1. The molecule has 0 bridgehead atoms. The van der Waals surface area contributed by atoms with Gasteiger partial charge < -0.3 is 15.6 Å². The molecule has 0 atom stereocenters. The van der Waals surface area contributed by atoms with Crippen molar-refractivity contribution in [2.24, 2.45) is 5.73 Å². The van der Waals surface area contributed by atoms with Gasteiger partial charge in [0.2, 0.25) is 0 Å². The van der Waals surface area contributed by atoms with Gasteiger partial charge in [0.15, 0.2) is 0 Å². The van der Waals surface area contributed by atoms with Gasteiger partial charge in [0, 0.05) is 6.54 Å². The topological polar surface area (TPSA) is 66.2 Å². The predicted octanol–water partition coefficient (Wildman–Crippen LogP) is -5.68. The number of rotatable bonds is 1. The van der Waals surface area contributed by atoms with E-state index in [0.29, 0.717) is 0 Å². The number of hydrogen-bond acceptors (Lipinski definition) is 3. The number of carbonyl (C=O) groups excluding carboxylic acids is 1. The van der Waals surface area contributed by atoms with Crippen LogP contribution in [0, 0.1) is 0 Å². The summed E-state index contributed by atoms with van der Waals surface area (Å²) in [5.74, 6) is -1.22. The van der Waals surface area contributed by atoms with Crippen LogP contribution in [0.4, 0.5) is 0 Å². The van der Waals surface area contributed by atoms with Crippen LogP contribution in [-0.4, -0.2) is 29.9 Å². The first kappa shape index (κ1) is 15.7. The van der Waals surface area contributed by atoms with Crippen molar-refractivity contribution in [3.05, 3.63) is 0 Å². The Labute approximate surface area is 74.7 Å². The van der Waals surface area contributed by atoms with Crippen LogP contribution in [0.2, 0.25) is 0 Å². The molecule has 0 amide bonds. The summed E-state index contributed by atoms with van der Waals surface area (Å²) in [6.07, 6.45) is 0. The second-order valence-corrected chi connectivity index (χ2v) is 0.576. The molecule has 0 heterocycles. The number of carboxylic acids is 1. The van der Waals surface area contributed by atoms with E-state index in [-0.39, 0.29) is 53.5 Å². The van der Waals surface area contributed by atoms with Crippen molar-refractivity contribution in [2.45, 2.75) is 0 Å². The predicted molar refractivity (Wildman–Crippen MR) is 19.8 cm³/mol. The Hall–Kier alpha value is 0.962. The van der Waals surface area contributed by atoms with Crippen LogP contribution in [0.3, 0.4) is 0 Å². The fraction of sp³-hybridized carbons (Fsp3) is 0.500. The normalized spacial score (nSPS) is 5.29. The van der Waals surface area contributed by atoms with Gasteiger partial charge in [0.1, 0.15) is 0 Å². The van der Waals surface area contributed by atoms with Gasteiger partial charge in [-0.15, -0.1) is 0 Å². The van der Waals surface area contributed by atoms with Crippen molar-refractivity contribution in [1.82, 2.24) is 0 Å². The zero-order valence-corrected chi connectivity index (χ0v) is 7.33. The van der Waals surface area contributed by atoms with Crippen LogP contribution in [0.5, 0.6) is 0 Å². The molecule has 7 heavy (non-hydrogen) atoms. The van der Waals surface area contributed by atoms with E-state index in [0.717, 1.165) is 0 Å². The molecule has 0 aromatic carbocycles. The van der Waals surface area contributed by atoms with Gasteiger partial charge in [-0.3, -0.25) is 0 Å². The first-order chi connectivity index (χ1) is 2.27. The maximum atomic E-state index is 9.13. The van der Waals surface area contributed by atoms with Crippen molar-refractivity contribution in [3.63, 3.8) is 0 Å². The molecule has 0 aliphatic carbocycles. The van der Waals surface area contributed by atoms with E-state index in [4.69, 9.17) is 9.90 Å². The first-order valence-electron chi connectivity index (χ1n) is 1.17. The van der Waals surface area contributed by atoms with Crippen molar-refractivity contribution >= 4 is 23.3 Å². The Morgan fingerprint density at radius 2 is 1.86 bits per heavy atom. The molecule has 3 nitrogen and oxygen atoms in total. The Morgan fingerprint density at radius 1 is 1.71 bits per heavy atom. The minimum atomic E-state index is -1.22. The third-order valence-electron chi connectivity index (χ3n) is 0.167. The molecule has 2 N–H and O–H groups in total. The summed E-state index contributed by atoms with van der Waals surface area (Å²) in [4.78, 5) is 9.13. The van der Waals surface area contributed by atoms with Gasteiger partial charge in [-0.1, -0.05) is 0 Å². The maximum Gasteiger partial charge on any atom is 3.00 e. The molecule has 5 heteroatoms. The maximum absolute atomic E-state index is 9.13. The van der Waals surface area contributed by atoms with Gasteiger partial charge >= 0.3 is 46.9 Å². The van der Waals surface area contributed by atoms with Crippen LogP contribution in [0.25, 0.3) is 0 Å². The summed E-state index contributed by atoms with van der Waals surface area (Å²) >= 11 is 0. The van der Waals surface area contributed by atoms with E-state index in [2.05, 4.69) is 5.73 Å². The van der Waals surface area contributed by atoms with Gasteiger partial charge in [-0.2, -0.15) is 0 Å². The average molecular weight is 124 g/mol. The molecule has 0 saturated heterocycles. The van der Waals surface area contributed by atoms with Crippen LogP contribution < -0.4 is 40.4 Å². The van der Waals surface area contributed by atoms with Gasteiger partial charge in [0.25, 0.3) is 0 Å². The second kappa shape index (κ2) is 10.1. The van der Waals surface area contributed by atoms with Crippen molar-refractivity contribution in [3.8, 4) is 0 Å². The summed E-state index contributed by atoms with van der Waals surface area (Å²) < 4.78 is 0. The molecule has 0 unspecified atom stereocenters. The molecule has 0 aliphatic rings. The van der Waals surface area contributed by atoms with Crippen molar-refractivity contribution < 1.29 is 39.5 Å². The third-order valence-corrected chi connectivity index (χ3v) is 0.167. The van der Waals surface area contributed by atoms with Crippen LogP contribution in [0.15, 0.2) is 0 Å². The fourth-order valence-corrected chi connectivity index (χ4v) is 0. The third kappa shape index (κ3) is 19.5. The summed E-state index contributed by atoms with van der Waals surface area (Å²) in [7, 11) is 0. The Morgan fingerprint density at radius 3 is 1.86 bits per heavy atom. The zero-order valence-electron chi connectivity index (χ0n) is 4.18. The first-order valence-corrected chi connectivity index (χ1v) is 1.17. The summed E-state index contributed by atoms with van der Waals surface area (Å²) in [6, 6.07) is 0. The minimum absolute atomic E-state index is 0. The molecule has 0 rings (SSSR count). The number of carboxylic acid groups (broad SMARTS) is 1. The van der Waals surface area contributed by atoms with Gasteiger partial charge in [-0.25, -0.2) is 0 Å². The summed E-state index contributed by atoms with van der Waals surface area (Å²) in [5, 5.41) is 9.13. The molecular formula is C2H4AlNNaO2+3. The SMILES string of the molecule is NCC(=O)[O-].[Al+3].[Na+]. The quantitative estimate of drug-likeness (QED) is 0.354. The summed E-state index contributed by atoms with van der Waals surface area (Å²) in [5.41, 5.74) is 4.51. The second-order valence-electron chi connectivity index (χ2n) is 0.576. The molecule has 0 aromatic heterocycles. The van der Waals surface area contributed by atoms with Crippen LogP contribution >= 0.6 is 0 Å². The van der Waals surface area contributed by atoms with Crippen LogP contribution in [0.1, 0.15) is 0 Å². The molecule has 30 valence electrons. The van der Waals surface area contributed by atoms with E-state index < -0.39 is 5.97 Å². The van der Waals surface area contributed by atoms with Crippen molar-refractivity contribution in [2.75, 3.05) is 6.54 Å². The number of carbonyl (C=O) groups is 1. The van der Waals surface area contributed by atoms with Gasteiger partial charge in [-0.05, 0) is 0 Å². The number of aliphatic carboxylic acids is 1. The van der Waals surface area contributed by atoms with E-state index in [9.17, 15) is 0 Å². The van der Waals surface area contributed by atoms with E-state index in [1.54, 1.807) is 0 Å². The largest absolute Gasteiger partial charge is 3.00 e. The average Bonchev–Trinajstić information content (AvgIpc) is 1.38. The standard InChI is InChI=1S/C2H5NO2.Al.Na/c3-1-2(4)5;;/h1,3H2,(H,4,5);;/q;+3;+1/p-1. The zero-order chi connectivity index (χ0) is 4.28. The molecule has 0 spiro atoms. The summed E-state index contributed by atoms with van der Waals surface area (Å²) in [6.45, 7) is -0.389. The smallest absolute Gasteiger partial charge is 0.549 e. The Kier molecular flexibility index (Phi) is 22.5. The van der Waals surface area contributed by atoms with Crippen LogP contribution in [-0.2, 0) is 4.79 Å². The van der Waals surface area contributed by atoms with Crippen molar-refractivity contribution in [1.29, 1.82) is 0 Å². The molecule has 0 saturated carbocycles. The molecule has 0 aliphatic heterocycles. The Balaban J connectivity index is -0.0000000800. The molecular weight excluding hydrogens is 120 g/mol. The fourth-order valence-electron chi connectivity index (χ4n) is 0. The molecule has 0 aromatic rings. The van der Waals surface area contributed by atoms with Gasteiger partial charge in [0.05, 0.1) is 5.97 Å². The monoisotopic (exact) mass is 124 g/mol. The molecule has 0 radical (unpaired) electrons.